The molecule has 4 N–H and O–H groups in total. The van der Waals surface area contributed by atoms with Crippen LogP contribution in [0.25, 0.3) is 21.5 Å². The van der Waals surface area contributed by atoms with Gasteiger partial charge in [-0.05, 0) is 22.9 Å². The molecule has 0 heterocycles. The van der Waals surface area contributed by atoms with E-state index in [1.54, 1.807) is 30.3 Å². The van der Waals surface area contributed by atoms with Crippen LogP contribution in [0, 0.1) is 0 Å². The van der Waals surface area contributed by atoms with Crippen LogP contribution in [0.3, 0.4) is 0 Å². The van der Waals surface area contributed by atoms with E-state index in [9.17, 15) is 14.7 Å². The van der Waals surface area contributed by atoms with Gasteiger partial charge < -0.3 is 9.84 Å². The topological polar surface area (TPSA) is 108 Å². The molecule has 0 saturated carbocycles. The second kappa shape index (κ2) is 9.84. The molecule has 4 aromatic carbocycles. The number of hydrogen-bond acceptors (Lipinski definition) is 5. The largest absolute Gasteiger partial charge is 0.507 e. The zero-order valence-electron chi connectivity index (χ0n) is 17.6. The van der Waals surface area contributed by atoms with Crippen LogP contribution in [-0.2, 0) is 9.53 Å². The molecule has 1 atom stereocenters. The first-order valence-corrected chi connectivity index (χ1v) is 10.3. The van der Waals surface area contributed by atoms with E-state index in [4.69, 9.17) is 9.94 Å². The van der Waals surface area contributed by atoms with Crippen LogP contribution in [0.15, 0.2) is 91.0 Å². The van der Waals surface area contributed by atoms with Crippen molar-refractivity contribution >= 4 is 39.2 Å². The van der Waals surface area contributed by atoms with E-state index in [0.29, 0.717) is 16.6 Å². The van der Waals surface area contributed by atoms with Crippen LogP contribution in [0.1, 0.15) is 18.1 Å². The Morgan fingerprint density at radius 3 is 2.36 bits per heavy atom. The molecule has 0 bridgehead atoms. The molecule has 0 aliphatic carbocycles. The van der Waals surface area contributed by atoms with Crippen molar-refractivity contribution in [1.82, 2.24) is 5.48 Å². The highest BCUT2D eigenvalue weighted by atomic mass is 16.6. The molecule has 0 aliphatic rings. The number of hydroxylamine groups is 1. The van der Waals surface area contributed by atoms with Crippen LogP contribution < -0.4 is 10.8 Å². The number of phenolic OH excluding ortho intramolecular Hbond substituents is 1. The van der Waals surface area contributed by atoms with Gasteiger partial charge >= 0.3 is 6.09 Å². The average molecular weight is 442 g/mol. The molecule has 0 radical (unpaired) electrons. The Bertz CT molecular complexity index is 1340. The minimum Gasteiger partial charge on any atom is -0.507 e. The molecule has 0 aromatic heterocycles. The molecule has 2 amide bonds. The van der Waals surface area contributed by atoms with E-state index in [1.807, 2.05) is 48.5 Å². The molecule has 0 unspecified atom stereocenters. The van der Waals surface area contributed by atoms with E-state index in [-0.39, 0.29) is 12.2 Å². The van der Waals surface area contributed by atoms with Gasteiger partial charge in [0.05, 0.1) is 5.69 Å². The predicted molar refractivity (Wildman–Crippen MR) is 126 cm³/mol. The summed E-state index contributed by atoms with van der Waals surface area (Å²) in [5.41, 5.74) is 2.81. The third kappa shape index (κ3) is 4.94. The van der Waals surface area contributed by atoms with Crippen molar-refractivity contribution in [1.29, 1.82) is 0 Å². The Balaban J connectivity index is 1.64. The molecule has 0 spiro atoms. The molecular weight excluding hydrogens is 420 g/mol. The number of anilines is 1. The number of aromatic hydroxyl groups is 1. The fourth-order valence-electron chi connectivity index (χ4n) is 3.76. The smallest absolute Gasteiger partial charge is 0.412 e. The lowest BCUT2D eigenvalue weighted by Crippen LogP contribution is -2.18. The highest BCUT2D eigenvalue weighted by molar-refractivity contribution is 6.00. The van der Waals surface area contributed by atoms with Crippen LogP contribution in [0.4, 0.5) is 10.5 Å². The lowest BCUT2D eigenvalue weighted by molar-refractivity contribution is -0.124. The van der Waals surface area contributed by atoms with Crippen molar-refractivity contribution in [2.75, 3.05) is 5.32 Å². The summed E-state index contributed by atoms with van der Waals surface area (Å²) in [6.07, 6.45) is 1.41. The lowest BCUT2D eigenvalue weighted by Gasteiger charge is -2.20. The summed E-state index contributed by atoms with van der Waals surface area (Å²) < 4.78 is 5.78. The number of ether oxygens (including phenoxy) is 1. The van der Waals surface area contributed by atoms with E-state index < -0.39 is 18.1 Å². The summed E-state index contributed by atoms with van der Waals surface area (Å²) in [6.45, 7) is 0. The number of hydrogen-bond donors (Lipinski definition) is 4. The third-order valence-electron chi connectivity index (χ3n) is 5.29. The van der Waals surface area contributed by atoms with E-state index in [1.165, 1.54) is 11.6 Å². The number of amides is 2. The highest BCUT2D eigenvalue weighted by Crippen LogP contribution is 2.34. The van der Waals surface area contributed by atoms with Crippen LogP contribution >= 0.6 is 0 Å². The number of carbonyl (C=O) groups excluding carboxylic acids is 2. The Morgan fingerprint density at radius 1 is 0.879 bits per heavy atom. The SMILES string of the molecule is O=C(/C=C/C[C@H](OC(=O)Nc1cccc2ccccc12)c1ccc(O)c2ccccc12)NO. The maximum Gasteiger partial charge on any atom is 0.412 e. The van der Waals surface area contributed by atoms with Crippen LogP contribution in [0.2, 0.25) is 0 Å². The molecule has 7 heteroatoms. The fraction of sp³-hybridized carbons (Fsp3) is 0.0769. The summed E-state index contributed by atoms with van der Waals surface area (Å²) in [5.74, 6) is -0.576. The van der Waals surface area contributed by atoms with Crippen molar-refractivity contribution in [3.05, 3.63) is 96.6 Å². The number of carbonyl (C=O) groups is 2. The third-order valence-corrected chi connectivity index (χ3v) is 5.29. The van der Waals surface area contributed by atoms with Crippen molar-refractivity contribution in [3.8, 4) is 5.75 Å². The van der Waals surface area contributed by atoms with Gasteiger partial charge in [-0.2, -0.15) is 0 Å². The molecule has 0 fully saturated rings. The summed E-state index contributed by atoms with van der Waals surface area (Å²) in [6, 6.07) is 23.7. The molecule has 7 nitrogen and oxygen atoms in total. The Labute approximate surface area is 189 Å². The van der Waals surface area contributed by atoms with Gasteiger partial charge in [-0.15, -0.1) is 0 Å². The average Bonchev–Trinajstić information content (AvgIpc) is 2.84. The van der Waals surface area contributed by atoms with Gasteiger partial charge in [-0.25, -0.2) is 10.3 Å². The second-order valence-electron chi connectivity index (χ2n) is 7.38. The Kier molecular flexibility index (Phi) is 6.52. The van der Waals surface area contributed by atoms with Crippen LogP contribution in [-0.4, -0.2) is 22.3 Å². The summed E-state index contributed by atoms with van der Waals surface area (Å²) in [5, 5.41) is 24.9. The highest BCUT2D eigenvalue weighted by Gasteiger charge is 2.20. The molecule has 0 aliphatic heterocycles. The monoisotopic (exact) mass is 442 g/mol. The van der Waals surface area contributed by atoms with Crippen molar-refractivity contribution in [3.63, 3.8) is 0 Å². The minimum absolute atomic E-state index is 0.114. The van der Waals surface area contributed by atoms with Crippen molar-refractivity contribution in [2.45, 2.75) is 12.5 Å². The maximum atomic E-state index is 12.9. The quantitative estimate of drug-likeness (QED) is 0.181. The number of nitrogens with one attached hydrogen (secondary N) is 2. The van der Waals surface area contributed by atoms with Gasteiger partial charge in [-0.1, -0.05) is 72.8 Å². The zero-order valence-corrected chi connectivity index (χ0v) is 17.6. The minimum atomic E-state index is -0.756. The summed E-state index contributed by atoms with van der Waals surface area (Å²) >= 11 is 0. The number of rotatable bonds is 6. The van der Waals surface area contributed by atoms with E-state index in [0.717, 1.165) is 22.2 Å². The van der Waals surface area contributed by atoms with E-state index in [2.05, 4.69) is 5.32 Å². The van der Waals surface area contributed by atoms with Gasteiger partial charge in [0.1, 0.15) is 11.9 Å². The van der Waals surface area contributed by atoms with Gasteiger partial charge in [0.2, 0.25) is 0 Å². The fourth-order valence-corrected chi connectivity index (χ4v) is 3.76. The first-order chi connectivity index (χ1) is 16.1. The molecule has 4 aromatic rings. The zero-order chi connectivity index (χ0) is 23.2. The summed E-state index contributed by atoms with van der Waals surface area (Å²) in [4.78, 5) is 24.2. The normalized spacial score (nSPS) is 12.0. The number of phenols is 1. The molecule has 4 rings (SSSR count). The Morgan fingerprint density at radius 2 is 1.58 bits per heavy atom. The molecule has 0 saturated heterocycles. The van der Waals surface area contributed by atoms with Gasteiger partial charge in [0.25, 0.3) is 5.91 Å². The lowest BCUT2D eigenvalue weighted by atomic mass is 9.97. The number of fused-ring (bicyclic) bond motifs is 2. The van der Waals surface area contributed by atoms with E-state index >= 15 is 0 Å². The predicted octanol–water partition coefficient (Wildman–Crippen LogP) is 5.44. The summed E-state index contributed by atoms with van der Waals surface area (Å²) in [7, 11) is 0. The molecule has 33 heavy (non-hydrogen) atoms. The van der Waals surface area contributed by atoms with Gasteiger partial charge in [0, 0.05) is 28.8 Å². The van der Waals surface area contributed by atoms with Crippen molar-refractivity contribution < 1.29 is 24.6 Å². The molecule has 166 valence electrons. The standard InChI is InChI=1S/C26H22N2O5/c29-23-16-15-21(19-10-3-4-11-20(19)23)24(13-6-14-25(30)28-32)33-26(31)27-22-12-5-8-17-7-1-2-9-18(17)22/h1-12,14-16,24,29,32H,13H2,(H,27,31)(H,28,30)/b14-6+/t24-/m0/s1. The molecular formula is C26H22N2O5. The van der Waals surface area contributed by atoms with Crippen LogP contribution in [0.5, 0.6) is 5.75 Å². The van der Waals surface area contributed by atoms with Crippen molar-refractivity contribution in [2.24, 2.45) is 0 Å². The second-order valence-corrected chi connectivity index (χ2v) is 7.38. The Hall–Kier alpha value is -4.36. The first-order valence-electron chi connectivity index (χ1n) is 10.3. The van der Waals surface area contributed by atoms with Gasteiger partial charge in [-0.3, -0.25) is 15.3 Å². The first kappa shape index (κ1) is 21.9. The number of benzene rings is 4. The maximum absolute atomic E-state index is 12.9. The van der Waals surface area contributed by atoms with Gasteiger partial charge in [0.15, 0.2) is 0 Å².